The molecule has 1 heterocycles. The first-order valence-electron chi connectivity index (χ1n) is 8.18. The molecule has 0 spiro atoms. The van der Waals surface area contributed by atoms with Crippen molar-refractivity contribution in [3.05, 3.63) is 48.2 Å². The van der Waals surface area contributed by atoms with E-state index in [4.69, 9.17) is 10.5 Å². The molecule has 134 valence electrons. The first kappa shape index (κ1) is 18.7. The van der Waals surface area contributed by atoms with Crippen LogP contribution in [-0.2, 0) is 0 Å². The van der Waals surface area contributed by atoms with Crippen molar-refractivity contribution >= 4 is 17.4 Å². The third-order valence-electron chi connectivity index (χ3n) is 3.96. The Balaban J connectivity index is 2.27. The summed E-state index contributed by atoms with van der Waals surface area (Å²) in [6.07, 6.45) is 1.65. The summed E-state index contributed by atoms with van der Waals surface area (Å²) >= 11 is 0. The number of hydrogen-bond donors (Lipinski definition) is 2. The van der Waals surface area contributed by atoms with Crippen LogP contribution in [-0.4, -0.2) is 43.0 Å². The first-order chi connectivity index (χ1) is 11.9. The van der Waals surface area contributed by atoms with Gasteiger partial charge in [-0.1, -0.05) is 26.0 Å². The molecule has 0 unspecified atom stereocenters. The fourth-order valence-corrected chi connectivity index (χ4v) is 2.54. The Morgan fingerprint density at radius 3 is 2.68 bits per heavy atom. The van der Waals surface area contributed by atoms with Gasteiger partial charge in [0.25, 0.3) is 5.91 Å². The number of hydrogen-bond acceptors (Lipinski definition) is 5. The average Bonchev–Trinajstić information content (AvgIpc) is 2.61. The van der Waals surface area contributed by atoms with Crippen LogP contribution in [0.2, 0.25) is 0 Å². The van der Waals surface area contributed by atoms with Crippen LogP contribution < -0.4 is 15.8 Å². The number of carbonyl (C=O) groups is 1. The van der Waals surface area contributed by atoms with Gasteiger partial charge in [0.1, 0.15) is 11.6 Å². The number of benzene rings is 1. The minimum absolute atomic E-state index is 0.105. The molecule has 0 aliphatic rings. The molecule has 6 nitrogen and oxygen atoms in total. The van der Waals surface area contributed by atoms with Gasteiger partial charge in [-0.25, -0.2) is 4.98 Å². The maximum Gasteiger partial charge on any atom is 0.257 e. The van der Waals surface area contributed by atoms with Crippen LogP contribution in [0.4, 0.5) is 11.5 Å². The number of methoxy groups -OCH3 is 1. The number of para-hydroxylation sites is 2. The Kier molecular flexibility index (Phi) is 5.98. The van der Waals surface area contributed by atoms with Crippen molar-refractivity contribution in [3.8, 4) is 5.75 Å². The molecule has 0 atom stereocenters. The minimum Gasteiger partial charge on any atom is -0.495 e. The molecule has 0 aliphatic carbocycles. The highest BCUT2D eigenvalue weighted by Gasteiger charge is 2.24. The van der Waals surface area contributed by atoms with Gasteiger partial charge in [0, 0.05) is 19.8 Å². The number of carbonyl (C=O) groups excluding carboxylic acids is 1. The van der Waals surface area contributed by atoms with Crippen LogP contribution in [0.15, 0.2) is 42.6 Å². The number of rotatable bonds is 7. The number of pyridine rings is 1. The van der Waals surface area contributed by atoms with E-state index >= 15 is 0 Å². The third-order valence-corrected chi connectivity index (χ3v) is 3.96. The average molecular weight is 342 g/mol. The fourth-order valence-electron chi connectivity index (χ4n) is 2.54. The summed E-state index contributed by atoms with van der Waals surface area (Å²) in [6.45, 7) is 5.14. The van der Waals surface area contributed by atoms with E-state index in [0.29, 0.717) is 30.2 Å². The Bertz CT molecular complexity index is 731. The highest BCUT2D eigenvalue weighted by Crippen LogP contribution is 2.28. The van der Waals surface area contributed by atoms with E-state index in [1.807, 2.05) is 38.1 Å². The number of aromatic nitrogens is 1. The molecular formula is C19H26N4O2. The lowest BCUT2D eigenvalue weighted by Gasteiger charge is -2.29. The largest absolute Gasteiger partial charge is 0.495 e. The lowest BCUT2D eigenvalue weighted by Crippen LogP contribution is -2.40. The van der Waals surface area contributed by atoms with Gasteiger partial charge < -0.3 is 20.7 Å². The number of amides is 1. The second kappa shape index (κ2) is 7.98. The van der Waals surface area contributed by atoms with Crippen molar-refractivity contribution in [2.24, 2.45) is 11.1 Å². The predicted molar refractivity (Wildman–Crippen MR) is 100 cm³/mol. The molecule has 0 saturated heterocycles. The van der Waals surface area contributed by atoms with Crippen LogP contribution in [0.1, 0.15) is 24.2 Å². The van der Waals surface area contributed by atoms with Crippen LogP contribution in [0.5, 0.6) is 5.75 Å². The van der Waals surface area contributed by atoms with Crippen LogP contribution in [0, 0.1) is 5.41 Å². The van der Waals surface area contributed by atoms with Crippen molar-refractivity contribution in [2.45, 2.75) is 13.8 Å². The summed E-state index contributed by atoms with van der Waals surface area (Å²) in [4.78, 5) is 18.9. The van der Waals surface area contributed by atoms with Crippen LogP contribution in [0.3, 0.4) is 0 Å². The van der Waals surface area contributed by atoms with Crippen molar-refractivity contribution in [1.29, 1.82) is 0 Å². The number of nitrogens with zero attached hydrogens (tertiary/aromatic N) is 2. The number of nitrogens with two attached hydrogens (primary N) is 1. The van der Waals surface area contributed by atoms with Gasteiger partial charge in [0.15, 0.2) is 0 Å². The molecule has 25 heavy (non-hydrogen) atoms. The molecule has 0 fully saturated rings. The lowest BCUT2D eigenvalue weighted by molar-refractivity contribution is 0.0741. The number of ether oxygens (including phenoxy) is 1. The maximum absolute atomic E-state index is 12.9. The van der Waals surface area contributed by atoms with Gasteiger partial charge in [-0.15, -0.1) is 0 Å². The molecule has 2 rings (SSSR count). The maximum atomic E-state index is 12.9. The Hall–Kier alpha value is -2.60. The molecule has 0 bridgehead atoms. The van der Waals surface area contributed by atoms with E-state index < -0.39 is 0 Å². The quantitative estimate of drug-likeness (QED) is 0.809. The van der Waals surface area contributed by atoms with Crippen LogP contribution in [0.25, 0.3) is 0 Å². The summed E-state index contributed by atoms with van der Waals surface area (Å²) in [6, 6.07) is 11.0. The zero-order chi connectivity index (χ0) is 18.4. The van der Waals surface area contributed by atoms with Gasteiger partial charge in [0.2, 0.25) is 0 Å². The summed E-state index contributed by atoms with van der Waals surface area (Å²) in [7, 11) is 3.38. The lowest BCUT2D eigenvalue weighted by atomic mass is 9.93. The summed E-state index contributed by atoms with van der Waals surface area (Å²) in [5.74, 6) is 1.07. The fraction of sp³-hybridized carbons (Fsp3) is 0.368. The van der Waals surface area contributed by atoms with Gasteiger partial charge in [-0.05, 0) is 36.2 Å². The van der Waals surface area contributed by atoms with Crippen LogP contribution >= 0.6 is 0 Å². The van der Waals surface area contributed by atoms with Crippen molar-refractivity contribution in [2.75, 3.05) is 32.6 Å². The third kappa shape index (κ3) is 4.70. The van der Waals surface area contributed by atoms with E-state index in [-0.39, 0.29) is 11.3 Å². The second-order valence-electron chi connectivity index (χ2n) is 6.75. The van der Waals surface area contributed by atoms with E-state index in [1.165, 1.54) is 0 Å². The van der Waals surface area contributed by atoms with Crippen molar-refractivity contribution in [3.63, 3.8) is 0 Å². The predicted octanol–water partition coefficient (Wildman–Crippen LogP) is 2.89. The van der Waals surface area contributed by atoms with Crippen molar-refractivity contribution < 1.29 is 9.53 Å². The monoisotopic (exact) mass is 342 g/mol. The summed E-state index contributed by atoms with van der Waals surface area (Å²) < 4.78 is 5.35. The zero-order valence-corrected chi connectivity index (χ0v) is 15.2. The van der Waals surface area contributed by atoms with E-state index in [1.54, 1.807) is 37.4 Å². The minimum atomic E-state index is -0.150. The smallest absolute Gasteiger partial charge is 0.257 e. The SMILES string of the molecule is COc1ccccc1Nc1ncccc1C(=O)N(C)CC(C)(C)CN. The Morgan fingerprint density at radius 2 is 2.00 bits per heavy atom. The first-order valence-corrected chi connectivity index (χ1v) is 8.18. The van der Waals surface area contributed by atoms with Gasteiger partial charge >= 0.3 is 0 Å². The molecule has 3 N–H and O–H groups in total. The number of nitrogens with one attached hydrogen (secondary N) is 1. The van der Waals surface area contributed by atoms with E-state index in [2.05, 4.69) is 10.3 Å². The molecule has 1 amide bonds. The summed E-state index contributed by atoms with van der Waals surface area (Å²) in [5.41, 5.74) is 6.89. The molecule has 1 aromatic heterocycles. The second-order valence-corrected chi connectivity index (χ2v) is 6.75. The summed E-state index contributed by atoms with van der Waals surface area (Å²) in [5, 5.41) is 3.20. The Labute approximate surface area is 149 Å². The molecule has 1 aromatic carbocycles. The van der Waals surface area contributed by atoms with Gasteiger partial charge in [-0.3, -0.25) is 4.79 Å². The standard InChI is InChI=1S/C19H26N4O2/c1-19(2,12-20)13-23(3)18(24)14-8-7-11-21-17(14)22-15-9-5-6-10-16(15)25-4/h5-11H,12-13,20H2,1-4H3,(H,21,22). The molecule has 6 heteroatoms. The molecule has 0 radical (unpaired) electrons. The number of anilines is 2. The molecule has 2 aromatic rings. The van der Waals surface area contributed by atoms with Gasteiger partial charge in [0.05, 0.1) is 18.4 Å². The normalized spacial score (nSPS) is 11.1. The molecular weight excluding hydrogens is 316 g/mol. The molecule has 0 aliphatic heterocycles. The highest BCUT2D eigenvalue weighted by atomic mass is 16.5. The van der Waals surface area contributed by atoms with E-state index in [0.717, 1.165) is 5.69 Å². The molecule has 0 saturated carbocycles. The highest BCUT2D eigenvalue weighted by molar-refractivity contribution is 5.99. The van der Waals surface area contributed by atoms with Gasteiger partial charge in [-0.2, -0.15) is 0 Å². The van der Waals surface area contributed by atoms with E-state index in [9.17, 15) is 4.79 Å². The Morgan fingerprint density at radius 1 is 1.28 bits per heavy atom. The zero-order valence-electron chi connectivity index (χ0n) is 15.2. The van der Waals surface area contributed by atoms with Crippen molar-refractivity contribution in [1.82, 2.24) is 9.88 Å². The topological polar surface area (TPSA) is 80.5 Å².